The van der Waals surface area contributed by atoms with E-state index in [0.717, 1.165) is 12.8 Å². The third kappa shape index (κ3) is 3.97. The van der Waals surface area contributed by atoms with Crippen LogP contribution in [0, 0.1) is 11.8 Å². The van der Waals surface area contributed by atoms with Gasteiger partial charge in [0.25, 0.3) is 0 Å². The predicted octanol–water partition coefficient (Wildman–Crippen LogP) is 3.10. The molecule has 2 heteroatoms. The van der Waals surface area contributed by atoms with E-state index in [2.05, 4.69) is 6.92 Å². The Labute approximate surface area is 74.8 Å². The second-order valence-corrected chi connectivity index (χ2v) is 3.68. The Morgan fingerprint density at radius 3 is 2.18 bits per heavy atom. The number of halogens is 1. The van der Waals surface area contributed by atoms with Gasteiger partial charge < -0.3 is 0 Å². The second kappa shape index (κ2) is 5.84. The minimum absolute atomic E-state index is 0.224. The molecule has 67 valence electrons. The predicted molar refractivity (Wildman–Crippen MR) is 48.4 cm³/mol. The lowest BCUT2D eigenvalue weighted by atomic mass is 9.90. The first kappa shape index (κ1) is 11.2. The van der Waals surface area contributed by atoms with E-state index in [0.29, 0.717) is 5.88 Å². The van der Waals surface area contributed by atoms with Gasteiger partial charge in [-0.15, -0.1) is 11.6 Å². The molecule has 0 aliphatic rings. The van der Waals surface area contributed by atoms with Gasteiger partial charge in [-0.3, -0.25) is 0 Å². The Kier molecular flexibility index (Phi) is 5.98. The summed E-state index contributed by atoms with van der Waals surface area (Å²) in [6.45, 7) is 6.07. The molecular weight excluding hydrogens is 160 g/mol. The summed E-state index contributed by atoms with van der Waals surface area (Å²) >= 11 is 5.55. The molecule has 0 aromatic heterocycles. The average molecular weight is 178 g/mol. The summed E-state index contributed by atoms with van der Waals surface area (Å²) in [6, 6.07) is 0. The first-order chi connectivity index (χ1) is 5.13. The van der Waals surface area contributed by atoms with Crippen molar-refractivity contribution in [3.05, 3.63) is 0 Å². The molecule has 1 nitrogen and oxygen atoms in total. The van der Waals surface area contributed by atoms with Crippen molar-refractivity contribution in [3.8, 4) is 0 Å². The van der Waals surface area contributed by atoms with E-state index in [1.54, 1.807) is 0 Å². The quantitative estimate of drug-likeness (QED) is 0.576. The van der Waals surface area contributed by atoms with Gasteiger partial charge in [-0.25, -0.2) is 5.11 Å². The zero-order valence-corrected chi connectivity index (χ0v) is 8.40. The summed E-state index contributed by atoms with van der Waals surface area (Å²) in [7, 11) is 0. The maximum Gasteiger partial charge on any atom is 0.0981 e. The SMILES string of the molecule is CCC(C)C([O])C(C)CCCl. The smallest absolute Gasteiger partial charge is 0.0981 e. The van der Waals surface area contributed by atoms with Crippen LogP contribution in [0.5, 0.6) is 0 Å². The molecule has 0 aromatic rings. The molecule has 0 spiro atoms. The first-order valence-corrected chi connectivity index (χ1v) is 4.88. The Morgan fingerprint density at radius 1 is 1.27 bits per heavy atom. The van der Waals surface area contributed by atoms with E-state index in [1.165, 1.54) is 0 Å². The van der Waals surface area contributed by atoms with Crippen molar-refractivity contribution in [1.82, 2.24) is 0 Å². The minimum atomic E-state index is -0.432. The Hall–Kier alpha value is 0.250. The van der Waals surface area contributed by atoms with Crippen LogP contribution < -0.4 is 0 Å². The summed E-state index contributed by atoms with van der Waals surface area (Å²) in [5.74, 6) is 1.12. The first-order valence-electron chi connectivity index (χ1n) is 4.35. The lowest BCUT2D eigenvalue weighted by Crippen LogP contribution is -2.24. The highest BCUT2D eigenvalue weighted by Crippen LogP contribution is 2.19. The molecule has 0 heterocycles. The fourth-order valence-corrected chi connectivity index (χ4v) is 1.47. The fraction of sp³-hybridized carbons (Fsp3) is 1.00. The Morgan fingerprint density at radius 2 is 1.82 bits per heavy atom. The molecule has 0 saturated heterocycles. The molecule has 0 bridgehead atoms. The van der Waals surface area contributed by atoms with Crippen LogP contribution in [-0.2, 0) is 5.11 Å². The summed E-state index contributed by atoms with van der Waals surface area (Å²) in [5, 5.41) is 11.5. The van der Waals surface area contributed by atoms with Gasteiger partial charge in [0.15, 0.2) is 0 Å². The number of rotatable bonds is 5. The molecule has 0 aromatic carbocycles. The van der Waals surface area contributed by atoms with Crippen molar-refractivity contribution in [2.75, 3.05) is 5.88 Å². The van der Waals surface area contributed by atoms with Crippen LogP contribution in [0.25, 0.3) is 0 Å². The number of hydrogen-bond donors (Lipinski definition) is 0. The molecule has 0 rings (SSSR count). The fourth-order valence-electron chi connectivity index (χ4n) is 1.13. The third-order valence-corrected chi connectivity index (χ3v) is 2.55. The van der Waals surface area contributed by atoms with Crippen LogP contribution in [0.3, 0.4) is 0 Å². The summed E-state index contributed by atoms with van der Waals surface area (Å²) in [4.78, 5) is 0. The second-order valence-electron chi connectivity index (χ2n) is 3.31. The van der Waals surface area contributed by atoms with Crippen molar-refractivity contribution < 1.29 is 5.11 Å². The molecule has 0 aliphatic heterocycles. The van der Waals surface area contributed by atoms with Gasteiger partial charge in [-0.2, -0.15) is 0 Å². The van der Waals surface area contributed by atoms with E-state index in [1.807, 2.05) is 13.8 Å². The summed E-state index contributed by atoms with van der Waals surface area (Å²) in [6.07, 6.45) is 1.39. The highest BCUT2D eigenvalue weighted by atomic mass is 35.5. The van der Waals surface area contributed by atoms with Gasteiger partial charge in [0.2, 0.25) is 0 Å². The van der Waals surface area contributed by atoms with Crippen LogP contribution in [-0.4, -0.2) is 12.0 Å². The normalized spacial score (nSPS) is 19.4. The zero-order chi connectivity index (χ0) is 8.85. The topological polar surface area (TPSA) is 19.9 Å². The third-order valence-electron chi connectivity index (χ3n) is 2.33. The van der Waals surface area contributed by atoms with Crippen LogP contribution in [0.2, 0.25) is 0 Å². The largest absolute Gasteiger partial charge is 0.233 e. The molecule has 3 unspecified atom stereocenters. The molecule has 0 amide bonds. The molecule has 3 atom stereocenters. The molecule has 1 radical (unpaired) electrons. The van der Waals surface area contributed by atoms with E-state index < -0.39 is 6.10 Å². The van der Waals surface area contributed by atoms with Crippen molar-refractivity contribution in [3.63, 3.8) is 0 Å². The monoisotopic (exact) mass is 177 g/mol. The van der Waals surface area contributed by atoms with Crippen LogP contribution >= 0.6 is 11.6 Å². The standard InChI is InChI=1S/C9H18ClO/c1-4-7(2)9(11)8(3)5-6-10/h7-9H,4-6H2,1-3H3. The van der Waals surface area contributed by atoms with Gasteiger partial charge >= 0.3 is 0 Å². The van der Waals surface area contributed by atoms with Crippen LogP contribution in [0.15, 0.2) is 0 Å². The summed E-state index contributed by atoms with van der Waals surface area (Å²) < 4.78 is 0. The number of hydrogen-bond acceptors (Lipinski definition) is 0. The number of alkyl halides is 1. The molecule has 0 fully saturated rings. The lowest BCUT2D eigenvalue weighted by Gasteiger charge is -2.20. The van der Waals surface area contributed by atoms with Gasteiger partial charge in [0, 0.05) is 5.88 Å². The molecular formula is C9H18ClO. The van der Waals surface area contributed by atoms with Gasteiger partial charge in [0.05, 0.1) is 6.10 Å². The molecule has 0 aliphatic carbocycles. The van der Waals surface area contributed by atoms with E-state index >= 15 is 0 Å². The average Bonchev–Trinajstić information content (AvgIpc) is 2.02. The molecule has 0 saturated carbocycles. The molecule has 0 N–H and O–H groups in total. The van der Waals surface area contributed by atoms with E-state index in [-0.39, 0.29) is 11.8 Å². The minimum Gasteiger partial charge on any atom is -0.233 e. The van der Waals surface area contributed by atoms with E-state index in [9.17, 15) is 5.11 Å². The Balaban J connectivity index is 3.70. The van der Waals surface area contributed by atoms with E-state index in [4.69, 9.17) is 11.6 Å². The van der Waals surface area contributed by atoms with Gasteiger partial charge in [-0.1, -0.05) is 27.2 Å². The highest BCUT2D eigenvalue weighted by molar-refractivity contribution is 6.17. The maximum atomic E-state index is 11.5. The van der Waals surface area contributed by atoms with Crippen LogP contribution in [0.1, 0.15) is 33.6 Å². The van der Waals surface area contributed by atoms with Crippen molar-refractivity contribution in [2.45, 2.75) is 39.7 Å². The van der Waals surface area contributed by atoms with Crippen molar-refractivity contribution in [2.24, 2.45) is 11.8 Å². The maximum absolute atomic E-state index is 11.5. The Bertz CT molecular complexity index is 95.6. The summed E-state index contributed by atoms with van der Waals surface area (Å²) in [5.41, 5.74) is 0. The van der Waals surface area contributed by atoms with Crippen molar-refractivity contribution >= 4 is 11.6 Å². The zero-order valence-electron chi connectivity index (χ0n) is 7.64. The van der Waals surface area contributed by atoms with Gasteiger partial charge in [0.1, 0.15) is 0 Å². The highest BCUT2D eigenvalue weighted by Gasteiger charge is 2.20. The lowest BCUT2D eigenvalue weighted by molar-refractivity contribution is -0.00110. The van der Waals surface area contributed by atoms with Crippen molar-refractivity contribution in [1.29, 1.82) is 0 Å². The van der Waals surface area contributed by atoms with Crippen LogP contribution in [0.4, 0.5) is 0 Å². The van der Waals surface area contributed by atoms with Gasteiger partial charge in [-0.05, 0) is 18.3 Å². The molecule has 11 heavy (non-hydrogen) atoms.